The molecule has 1 fully saturated rings. The van der Waals surface area contributed by atoms with Crippen LogP contribution in [0.2, 0.25) is 0 Å². The molecule has 172 valence electrons. The number of allylic oxidation sites excluding steroid dienone is 7. The molecule has 5 aliphatic rings. The van der Waals surface area contributed by atoms with E-state index in [0.29, 0.717) is 16.7 Å². The largest absolute Gasteiger partial charge is 0.359 e. The molecule has 0 saturated carbocycles. The van der Waals surface area contributed by atoms with E-state index in [4.69, 9.17) is 20.7 Å². The summed E-state index contributed by atoms with van der Waals surface area (Å²) in [5.41, 5.74) is 11.4. The summed E-state index contributed by atoms with van der Waals surface area (Å²) in [5, 5.41) is 15.1. The number of nitrogens with one attached hydrogen (secondary N) is 1. The molecule has 1 atom stereocenters. The number of piperidine rings is 1. The maximum absolute atomic E-state index is 10.2. The zero-order valence-corrected chi connectivity index (χ0v) is 19.5. The van der Waals surface area contributed by atoms with Crippen LogP contribution in [0.3, 0.4) is 0 Å². The third-order valence-electron chi connectivity index (χ3n) is 6.22. The van der Waals surface area contributed by atoms with Crippen molar-refractivity contribution in [2.24, 2.45) is 15.7 Å². The molecular weight excluding hydrogens is 448 g/mol. The average Bonchev–Trinajstić information content (AvgIpc) is 3.23. The van der Waals surface area contributed by atoms with E-state index in [1.807, 2.05) is 30.5 Å². The predicted molar refractivity (Wildman–Crippen MR) is 135 cm³/mol. The summed E-state index contributed by atoms with van der Waals surface area (Å²) in [6.07, 6.45) is 17.1. The molecule has 5 heterocycles. The molecule has 6 rings (SSSR count). The minimum Gasteiger partial charge on any atom is -0.359 e. The van der Waals surface area contributed by atoms with Crippen molar-refractivity contribution >= 4 is 40.4 Å². The Morgan fingerprint density at radius 2 is 2.18 bits per heavy atom. The quantitative estimate of drug-likeness (QED) is 0.454. The smallest absolute Gasteiger partial charge is 0.196 e. The monoisotopic (exact) mass is 472 g/mol. The lowest BCUT2D eigenvalue weighted by Crippen LogP contribution is -2.43. The molecule has 0 bridgehead atoms. The standard InChI is InChI=1S/C24H24N8OS/c1-26-18-7-2-6-16-20-22(28-21(16)18)29-24(30-23(20)31-9-3-5-14(25)13-31)34-15-11-19-17(27-12-15)8-4-10-32(19)33/h2,4,6-8,10-12,14,27,33H,3,5,9,13,25H2,1H3/t14-/m1/s1. The van der Waals surface area contributed by atoms with Crippen molar-refractivity contribution in [3.8, 4) is 0 Å². The number of fused-ring (bicyclic) bond motifs is 4. The number of hydroxylamine groups is 2. The number of anilines is 1. The van der Waals surface area contributed by atoms with Crippen LogP contribution in [0, 0.1) is 0 Å². The highest BCUT2D eigenvalue weighted by Gasteiger charge is 2.33. The zero-order valence-electron chi connectivity index (χ0n) is 18.6. The van der Waals surface area contributed by atoms with Crippen molar-refractivity contribution in [1.82, 2.24) is 20.3 Å². The number of dihydropyridines is 1. The molecule has 4 N–H and O–H groups in total. The van der Waals surface area contributed by atoms with Crippen molar-refractivity contribution in [1.29, 1.82) is 0 Å². The Bertz CT molecular complexity index is 1320. The summed E-state index contributed by atoms with van der Waals surface area (Å²) >= 11 is 1.43. The fourth-order valence-corrected chi connectivity index (χ4v) is 5.38. The Labute approximate surface area is 201 Å². The number of nitrogens with zero attached hydrogens (tertiary/aromatic N) is 6. The first-order chi connectivity index (χ1) is 16.6. The molecule has 34 heavy (non-hydrogen) atoms. The number of aliphatic imine (C=N–C) groups is 2. The molecule has 1 aromatic heterocycles. The fraction of sp³-hybridized carbons (Fsp3) is 0.250. The third-order valence-corrected chi connectivity index (χ3v) is 7.06. The van der Waals surface area contributed by atoms with Gasteiger partial charge in [0, 0.05) is 49.1 Å². The van der Waals surface area contributed by atoms with Crippen LogP contribution in [0.5, 0.6) is 0 Å². The highest BCUT2D eigenvalue weighted by atomic mass is 32.2. The van der Waals surface area contributed by atoms with E-state index >= 15 is 0 Å². The van der Waals surface area contributed by atoms with Crippen molar-refractivity contribution in [2.45, 2.75) is 24.0 Å². The van der Waals surface area contributed by atoms with Crippen LogP contribution in [-0.4, -0.2) is 57.8 Å². The van der Waals surface area contributed by atoms with Gasteiger partial charge < -0.3 is 16.0 Å². The van der Waals surface area contributed by atoms with Crippen LogP contribution in [0.1, 0.15) is 18.4 Å². The Hall–Kier alpha value is -3.47. The molecule has 0 radical (unpaired) electrons. The number of nitrogens with two attached hydrogens (primary N) is 1. The molecule has 10 heteroatoms. The first-order valence-corrected chi connectivity index (χ1v) is 12.0. The van der Waals surface area contributed by atoms with Gasteiger partial charge in [0.05, 0.1) is 28.4 Å². The van der Waals surface area contributed by atoms with Crippen molar-refractivity contribution in [3.63, 3.8) is 0 Å². The van der Waals surface area contributed by atoms with Crippen molar-refractivity contribution in [3.05, 3.63) is 70.7 Å². The van der Waals surface area contributed by atoms with E-state index in [0.717, 1.165) is 70.0 Å². The second kappa shape index (κ2) is 8.39. The van der Waals surface area contributed by atoms with Crippen LogP contribution in [-0.2, 0) is 0 Å². The molecule has 0 aromatic carbocycles. The number of thioether (sulfide) groups is 1. The zero-order chi connectivity index (χ0) is 23.2. The predicted octanol–water partition coefficient (Wildman–Crippen LogP) is 3.04. The molecule has 0 unspecified atom stereocenters. The minimum absolute atomic E-state index is 0.111. The summed E-state index contributed by atoms with van der Waals surface area (Å²) in [5.74, 6) is 1.51. The van der Waals surface area contributed by atoms with Crippen LogP contribution in [0.25, 0.3) is 5.57 Å². The molecule has 1 aromatic rings. The Morgan fingerprint density at radius 1 is 1.26 bits per heavy atom. The van der Waals surface area contributed by atoms with Gasteiger partial charge in [-0.1, -0.05) is 12.2 Å². The number of hydrogen-bond acceptors (Lipinski definition) is 10. The normalized spacial score (nSPS) is 23.9. The first kappa shape index (κ1) is 21.1. The van der Waals surface area contributed by atoms with E-state index in [1.165, 1.54) is 11.8 Å². The summed E-state index contributed by atoms with van der Waals surface area (Å²) in [4.78, 5) is 22.2. The molecule has 4 aliphatic heterocycles. The molecule has 0 amide bonds. The van der Waals surface area contributed by atoms with E-state index < -0.39 is 0 Å². The van der Waals surface area contributed by atoms with Crippen LogP contribution >= 0.6 is 11.8 Å². The Kier molecular flexibility index (Phi) is 5.20. The summed E-state index contributed by atoms with van der Waals surface area (Å²) in [6, 6.07) is 0.111. The SMILES string of the molecule is CN=C1C=CC=C2C1=Nc1nc(SC3=CNC4=CC=CN(O)C4=C3)nc(N3CCC[C@@H](N)C3)c12. The van der Waals surface area contributed by atoms with Crippen LogP contribution in [0.15, 0.2) is 80.3 Å². The number of hydrogen-bond donors (Lipinski definition) is 3. The lowest BCUT2D eigenvalue weighted by Gasteiger charge is -2.33. The highest BCUT2D eigenvalue weighted by molar-refractivity contribution is 8.03. The van der Waals surface area contributed by atoms with Gasteiger partial charge >= 0.3 is 0 Å². The van der Waals surface area contributed by atoms with Gasteiger partial charge in [-0.2, -0.15) is 0 Å². The summed E-state index contributed by atoms with van der Waals surface area (Å²) < 4.78 is 0. The maximum atomic E-state index is 10.2. The second-order valence-corrected chi connectivity index (χ2v) is 9.52. The third kappa shape index (κ3) is 3.60. The molecular formula is C24H24N8OS. The lowest BCUT2D eigenvalue weighted by molar-refractivity contribution is -0.00288. The topological polar surface area (TPSA) is 115 Å². The van der Waals surface area contributed by atoms with Gasteiger partial charge in [-0.15, -0.1) is 0 Å². The lowest BCUT2D eigenvalue weighted by atomic mass is 9.96. The van der Waals surface area contributed by atoms with Gasteiger partial charge in [0.2, 0.25) is 0 Å². The molecule has 9 nitrogen and oxygen atoms in total. The Balaban J connectivity index is 1.40. The summed E-state index contributed by atoms with van der Waals surface area (Å²) in [7, 11) is 1.77. The first-order valence-electron chi connectivity index (χ1n) is 11.2. The van der Waals surface area contributed by atoms with Gasteiger partial charge in [-0.05, 0) is 48.9 Å². The van der Waals surface area contributed by atoms with Gasteiger partial charge in [-0.3, -0.25) is 10.2 Å². The average molecular weight is 473 g/mol. The molecule has 1 aliphatic carbocycles. The van der Waals surface area contributed by atoms with E-state index in [2.05, 4.69) is 21.3 Å². The molecule has 0 spiro atoms. The van der Waals surface area contributed by atoms with E-state index in [-0.39, 0.29) is 6.04 Å². The van der Waals surface area contributed by atoms with Gasteiger partial charge in [-0.25, -0.2) is 20.0 Å². The molecule has 1 saturated heterocycles. The van der Waals surface area contributed by atoms with E-state index in [9.17, 15) is 5.21 Å². The van der Waals surface area contributed by atoms with Crippen molar-refractivity contribution in [2.75, 3.05) is 25.0 Å². The second-order valence-electron chi connectivity index (χ2n) is 8.47. The van der Waals surface area contributed by atoms with Crippen LogP contribution in [0.4, 0.5) is 11.6 Å². The number of aromatic nitrogens is 2. The van der Waals surface area contributed by atoms with Crippen LogP contribution < -0.4 is 16.0 Å². The minimum atomic E-state index is 0.111. The van der Waals surface area contributed by atoms with E-state index in [1.54, 1.807) is 19.3 Å². The number of rotatable bonds is 3. The van der Waals surface area contributed by atoms with Gasteiger partial charge in [0.1, 0.15) is 5.82 Å². The summed E-state index contributed by atoms with van der Waals surface area (Å²) in [6.45, 7) is 1.64. The van der Waals surface area contributed by atoms with Crippen molar-refractivity contribution < 1.29 is 5.21 Å². The van der Waals surface area contributed by atoms with Gasteiger partial charge in [0.15, 0.2) is 11.0 Å². The highest BCUT2D eigenvalue weighted by Crippen LogP contribution is 2.43. The Morgan fingerprint density at radius 3 is 3.03 bits per heavy atom. The maximum Gasteiger partial charge on any atom is 0.196 e. The fourth-order valence-electron chi connectivity index (χ4n) is 4.62. The van der Waals surface area contributed by atoms with Gasteiger partial charge in [0.25, 0.3) is 0 Å².